The lowest BCUT2D eigenvalue weighted by molar-refractivity contribution is 0.183. The fourth-order valence-electron chi connectivity index (χ4n) is 3.19. The molecule has 0 fully saturated rings. The van der Waals surface area contributed by atoms with Crippen LogP contribution in [0.5, 0.6) is 11.5 Å². The van der Waals surface area contributed by atoms with Crippen molar-refractivity contribution in [2.75, 3.05) is 20.2 Å². The van der Waals surface area contributed by atoms with Gasteiger partial charge >= 0.3 is 0 Å². The van der Waals surface area contributed by atoms with Gasteiger partial charge in [-0.05, 0) is 35.2 Å². The molecule has 4 heteroatoms. The summed E-state index contributed by atoms with van der Waals surface area (Å²) in [5.41, 5.74) is 9.84. The molecule has 3 N–H and O–H groups in total. The number of benzene rings is 2. The first kappa shape index (κ1) is 14.9. The van der Waals surface area contributed by atoms with Crippen LogP contribution in [0.25, 0.3) is 0 Å². The summed E-state index contributed by atoms with van der Waals surface area (Å²) in [6, 6.07) is 14.2. The highest BCUT2D eigenvalue weighted by molar-refractivity contribution is 5.43. The Bertz CT molecular complexity index is 657. The molecule has 0 aromatic heterocycles. The Hall–Kier alpha value is -2.04. The van der Waals surface area contributed by atoms with Gasteiger partial charge in [-0.3, -0.25) is 4.90 Å². The van der Waals surface area contributed by atoms with Crippen molar-refractivity contribution < 1.29 is 9.84 Å². The zero-order valence-electron chi connectivity index (χ0n) is 12.8. The van der Waals surface area contributed by atoms with Crippen LogP contribution in [0.4, 0.5) is 0 Å². The summed E-state index contributed by atoms with van der Waals surface area (Å²) in [7, 11) is 1.55. The quantitative estimate of drug-likeness (QED) is 0.910. The number of hydrogen-bond donors (Lipinski definition) is 2. The average molecular weight is 298 g/mol. The van der Waals surface area contributed by atoms with Gasteiger partial charge < -0.3 is 15.6 Å². The molecule has 116 valence electrons. The van der Waals surface area contributed by atoms with Crippen molar-refractivity contribution in [3.05, 3.63) is 59.2 Å². The van der Waals surface area contributed by atoms with E-state index in [4.69, 9.17) is 10.5 Å². The molecule has 1 aliphatic heterocycles. The Labute approximate surface area is 131 Å². The van der Waals surface area contributed by atoms with E-state index >= 15 is 0 Å². The molecule has 2 aromatic rings. The van der Waals surface area contributed by atoms with Crippen LogP contribution >= 0.6 is 0 Å². The number of methoxy groups -OCH3 is 1. The summed E-state index contributed by atoms with van der Waals surface area (Å²) in [5.74, 6) is 0.652. The van der Waals surface area contributed by atoms with Gasteiger partial charge in [-0.2, -0.15) is 0 Å². The third-order valence-corrected chi connectivity index (χ3v) is 4.41. The molecule has 1 heterocycles. The van der Waals surface area contributed by atoms with Crippen molar-refractivity contribution in [3.8, 4) is 11.5 Å². The number of rotatable bonds is 4. The van der Waals surface area contributed by atoms with Crippen LogP contribution in [-0.2, 0) is 13.0 Å². The van der Waals surface area contributed by atoms with Crippen LogP contribution in [0.2, 0.25) is 0 Å². The highest BCUT2D eigenvalue weighted by Crippen LogP contribution is 2.32. The molecule has 0 amide bonds. The molecular weight excluding hydrogens is 276 g/mol. The molecule has 0 spiro atoms. The molecule has 1 aliphatic rings. The van der Waals surface area contributed by atoms with Crippen molar-refractivity contribution in [2.45, 2.75) is 19.0 Å². The standard InChI is InChI=1S/C18H22N2O2/c1-22-18-7-6-14(10-17(18)21)16(11-19)20-9-8-13-4-2-3-5-15(13)12-20/h2-7,10,16,21H,8-9,11-12,19H2,1H3. The smallest absolute Gasteiger partial charge is 0.160 e. The van der Waals surface area contributed by atoms with E-state index in [2.05, 4.69) is 29.2 Å². The summed E-state index contributed by atoms with van der Waals surface area (Å²) < 4.78 is 5.11. The van der Waals surface area contributed by atoms with Crippen LogP contribution in [-0.4, -0.2) is 30.2 Å². The average Bonchev–Trinajstić information content (AvgIpc) is 2.55. The Morgan fingerprint density at radius 3 is 2.68 bits per heavy atom. The summed E-state index contributed by atoms with van der Waals surface area (Å²) in [6.45, 7) is 2.39. The lowest BCUT2D eigenvalue weighted by Gasteiger charge is -2.35. The minimum absolute atomic E-state index is 0.102. The molecular formula is C18H22N2O2. The summed E-state index contributed by atoms with van der Waals surface area (Å²) in [6.07, 6.45) is 1.04. The number of nitrogens with zero attached hydrogens (tertiary/aromatic N) is 1. The molecule has 0 saturated heterocycles. The van der Waals surface area contributed by atoms with Crippen molar-refractivity contribution in [1.82, 2.24) is 4.90 Å². The first-order chi connectivity index (χ1) is 10.7. The third kappa shape index (κ3) is 2.80. The van der Waals surface area contributed by atoms with Crippen molar-refractivity contribution in [2.24, 2.45) is 5.73 Å². The van der Waals surface area contributed by atoms with Gasteiger partial charge in [0.1, 0.15) is 0 Å². The molecule has 0 aliphatic carbocycles. The Kier molecular flexibility index (Phi) is 4.32. The largest absolute Gasteiger partial charge is 0.504 e. The second-order valence-electron chi connectivity index (χ2n) is 5.67. The summed E-state index contributed by atoms with van der Waals surface area (Å²) >= 11 is 0. The van der Waals surface area contributed by atoms with Crippen molar-refractivity contribution in [1.29, 1.82) is 0 Å². The molecule has 2 aromatic carbocycles. The molecule has 4 nitrogen and oxygen atoms in total. The number of hydrogen-bond acceptors (Lipinski definition) is 4. The molecule has 0 radical (unpaired) electrons. The van der Waals surface area contributed by atoms with Gasteiger partial charge in [-0.25, -0.2) is 0 Å². The fourth-order valence-corrected chi connectivity index (χ4v) is 3.19. The number of nitrogens with two attached hydrogens (primary N) is 1. The molecule has 3 rings (SSSR count). The van der Waals surface area contributed by atoms with E-state index in [-0.39, 0.29) is 11.8 Å². The number of phenols is 1. The minimum Gasteiger partial charge on any atom is -0.504 e. The zero-order valence-corrected chi connectivity index (χ0v) is 12.8. The van der Waals surface area contributed by atoms with Crippen molar-refractivity contribution in [3.63, 3.8) is 0 Å². The number of fused-ring (bicyclic) bond motifs is 1. The van der Waals surface area contributed by atoms with E-state index < -0.39 is 0 Å². The Balaban J connectivity index is 1.85. The number of phenolic OH excluding ortho intramolecular Hbond substituents is 1. The molecule has 22 heavy (non-hydrogen) atoms. The van der Waals surface area contributed by atoms with E-state index in [1.54, 1.807) is 19.2 Å². The SMILES string of the molecule is COc1ccc(C(CN)N2CCc3ccccc3C2)cc1O. The Morgan fingerprint density at radius 2 is 2.00 bits per heavy atom. The van der Waals surface area contributed by atoms with Gasteiger partial charge in [-0.1, -0.05) is 30.3 Å². The predicted molar refractivity (Wildman–Crippen MR) is 87.0 cm³/mol. The van der Waals surface area contributed by atoms with Gasteiger partial charge in [0.05, 0.1) is 7.11 Å². The normalized spacial score (nSPS) is 16.1. The van der Waals surface area contributed by atoms with Gasteiger partial charge in [-0.15, -0.1) is 0 Å². The lowest BCUT2D eigenvalue weighted by Crippen LogP contribution is -2.37. The highest BCUT2D eigenvalue weighted by atomic mass is 16.5. The number of aromatic hydroxyl groups is 1. The maximum Gasteiger partial charge on any atom is 0.160 e. The van der Waals surface area contributed by atoms with E-state index in [0.717, 1.165) is 25.1 Å². The Morgan fingerprint density at radius 1 is 1.23 bits per heavy atom. The molecule has 0 saturated carbocycles. The second-order valence-corrected chi connectivity index (χ2v) is 5.67. The highest BCUT2D eigenvalue weighted by Gasteiger charge is 2.24. The van der Waals surface area contributed by atoms with E-state index in [1.807, 2.05) is 6.07 Å². The predicted octanol–water partition coefficient (Wildman–Crippen LogP) is 2.46. The maximum absolute atomic E-state index is 10.0. The summed E-state index contributed by atoms with van der Waals surface area (Å²) in [5, 5.41) is 10.0. The summed E-state index contributed by atoms with van der Waals surface area (Å²) in [4.78, 5) is 2.38. The monoisotopic (exact) mass is 298 g/mol. The van der Waals surface area contributed by atoms with Gasteiger partial charge in [0, 0.05) is 25.7 Å². The first-order valence-electron chi connectivity index (χ1n) is 7.60. The van der Waals surface area contributed by atoms with Gasteiger partial charge in [0.25, 0.3) is 0 Å². The zero-order chi connectivity index (χ0) is 15.5. The second kappa shape index (κ2) is 6.38. The minimum atomic E-state index is 0.102. The van der Waals surface area contributed by atoms with Crippen molar-refractivity contribution >= 4 is 0 Å². The van der Waals surface area contributed by atoms with E-state index in [1.165, 1.54) is 11.1 Å². The van der Waals surface area contributed by atoms with Crippen LogP contribution in [0.15, 0.2) is 42.5 Å². The van der Waals surface area contributed by atoms with Crippen LogP contribution < -0.4 is 10.5 Å². The number of ether oxygens (including phenoxy) is 1. The molecule has 1 unspecified atom stereocenters. The van der Waals surface area contributed by atoms with Crippen LogP contribution in [0.1, 0.15) is 22.7 Å². The fraction of sp³-hybridized carbons (Fsp3) is 0.333. The topological polar surface area (TPSA) is 58.7 Å². The molecule has 0 bridgehead atoms. The van der Waals surface area contributed by atoms with Gasteiger partial charge in [0.15, 0.2) is 11.5 Å². The maximum atomic E-state index is 10.0. The van der Waals surface area contributed by atoms with Crippen LogP contribution in [0.3, 0.4) is 0 Å². The van der Waals surface area contributed by atoms with E-state index in [0.29, 0.717) is 12.3 Å². The third-order valence-electron chi connectivity index (χ3n) is 4.41. The van der Waals surface area contributed by atoms with Crippen LogP contribution in [0, 0.1) is 0 Å². The van der Waals surface area contributed by atoms with Gasteiger partial charge in [0.2, 0.25) is 0 Å². The lowest BCUT2D eigenvalue weighted by atomic mass is 9.96. The van der Waals surface area contributed by atoms with E-state index in [9.17, 15) is 5.11 Å². The molecule has 1 atom stereocenters. The first-order valence-corrected chi connectivity index (χ1v) is 7.60.